The first-order valence-corrected chi connectivity index (χ1v) is 5.48. The average molecular weight is 204 g/mol. The lowest BCUT2D eigenvalue weighted by Crippen LogP contribution is -2.20. The largest absolute Gasteiger partial charge is 0.387 e. The molecule has 0 aliphatic rings. The second-order valence-electron chi connectivity index (χ2n) is 4.04. The van der Waals surface area contributed by atoms with Crippen molar-refractivity contribution in [1.29, 1.82) is 0 Å². The molecule has 0 spiro atoms. The predicted molar refractivity (Wildman–Crippen MR) is 66.0 cm³/mol. The van der Waals surface area contributed by atoms with Crippen LogP contribution in [0.4, 0.5) is 0 Å². The van der Waals surface area contributed by atoms with Gasteiger partial charge in [-0.3, -0.25) is 4.99 Å². The van der Waals surface area contributed by atoms with Gasteiger partial charge in [-0.05, 0) is 18.9 Å². The number of aryl methyl sites for hydroxylation is 1. The molecule has 2 nitrogen and oxygen atoms in total. The van der Waals surface area contributed by atoms with E-state index in [9.17, 15) is 0 Å². The fourth-order valence-corrected chi connectivity index (χ4v) is 1.36. The highest BCUT2D eigenvalue weighted by atomic mass is 14.9. The van der Waals surface area contributed by atoms with E-state index in [0.717, 1.165) is 12.3 Å². The van der Waals surface area contributed by atoms with Crippen LogP contribution in [0.5, 0.6) is 0 Å². The molecular weight excluding hydrogens is 184 g/mol. The van der Waals surface area contributed by atoms with Gasteiger partial charge in [-0.2, -0.15) is 0 Å². The maximum absolute atomic E-state index is 5.86. The predicted octanol–water partition coefficient (Wildman–Crippen LogP) is 2.90. The van der Waals surface area contributed by atoms with Gasteiger partial charge in [0.25, 0.3) is 0 Å². The molecule has 0 fully saturated rings. The van der Waals surface area contributed by atoms with E-state index in [1.807, 2.05) is 0 Å². The normalized spacial score (nSPS) is 13.9. The summed E-state index contributed by atoms with van der Waals surface area (Å²) < 4.78 is 0. The molecule has 1 unspecified atom stereocenters. The molecule has 1 aromatic rings. The number of hydrogen-bond donors (Lipinski definition) is 1. The number of benzene rings is 1. The Bertz CT molecular complexity index is 342. The van der Waals surface area contributed by atoms with Gasteiger partial charge in [0.1, 0.15) is 0 Å². The molecule has 0 heterocycles. The Kier molecular flexibility index (Phi) is 4.35. The summed E-state index contributed by atoms with van der Waals surface area (Å²) in [5.41, 5.74) is 8.36. The number of hydrogen-bond acceptors (Lipinski definition) is 1. The van der Waals surface area contributed by atoms with Crippen molar-refractivity contribution in [2.75, 3.05) is 0 Å². The van der Waals surface area contributed by atoms with Crippen molar-refractivity contribution in [2.45, 2.75) is 33.7 Å². The lowest BCUT2D eigenvalue weighted by atomic mass is 10.1. The van der Waals surface area contributed by atoms with Crippen molar-refractivity contribution in [3.8, 4) is 0 Å². The highest BCUT2D eigenvalue weighted by molar-refractivity contribution is 5.82. The fourth-order valence-electron chi connectivity index (χ4n) is 1.36. The molecule has 0 amide bonds. The SMILES string of the molecule is CCC(C)C(N)=NCc1cccc(C)c1. The molecule has 0 aromatic heterocycles. The van der Waals surface area contributed by atoms with E-state index in [2.05, 4.69) is 50.0 Å². The van der Waals surface area contributed by atoms with Crippen LogP contribution >= 0.6 is 0 Å². The van der Waals surface area contributed by atoms with Crippen LogP contribution in [0.3, 0.4) is 0 Å². The highest BCUT2D eigenvalue weighted by Crippen LogP contribution is 2.07. The summed E-state index contributed by atoms with van der Waals surface area (Å²) in [6.45, 7) is 7.01. The van der Waals surface area contributed by atoms with E-state index in [1.165, 1.54) is 11.1 Å². The molecule has 0 aliphatic carbocycles. The Labute approximate surface area is 92.2 Å². The summed E-state index contributed by atoms with van der Waals surface area (Å²) in [7, 11) is 0. The average Bonchev–Trinajstić information content (AvgIpc) is 2.25. The van der Waals surface area contributed by atoms with Gasteiger partial charge >= 0.3 is 0 Å². The first kappa shape index (κ1) is 11.8. The lowest BCUT2D eigenvalue weighted by Gasteiger charge is -2.07. The third-order valence-electron chi connectivity index (χ3n) is 2.64. The van der Waals surface area contributed by atoms with Crippen LogP contribution in [0.25, 0.3) is 0 Å². The molecule has 2 N–H and O–H groups in total. The van der Waals surface area contributed by atoms with Crippen LogP contribution in [0.2, 0.25) is 0 Å². The highest BCUT2D eigenvalue weighted by Gasteiger charge is 2.02. The molecule has 1 rings (SSSR count). The molecule has 82 valence electrons. The van der Waals surface area contributed by atoms with Crippen LogP contribution in [0.15, 0.2) is 29.3 Å². The van der Waals surface area contributed by atoms with E-state index < -0.39 is 0 Å². The van der Waals surface area contributed by atoms with Crippen LogP contribution in [-0.4, -0.2) is 5.84 Å². The summed E-state index contributed by atoms with van der Waals surface area (Å²) in [6.07, 6.45) is 1.04. The number of amidine groups is 1. The number of nitrogens with zero attached hydrogens (tertiary/aromatic N) is 1. The Morgan fingerprint density at radius 3 is 2.80 bits per heavy atom. The van der Waals surface area contributed by atoms with Gasteiger partial charge in [0.2, 0.25) is 0 Å². The van der Waals surface area contributed by atoms with Crippen LogP contribution < -0.4 is 5.73 Å². The van der Waals surface area contributed by atoms with E-state index in [0.29, 0.717) is 12.5 Å². The molecule has 0 radical (unpaired) electrons. The molecular formula is C13H20N2. The Balaban J connectivity index is 2.63. The zero-order chi connectivity index (χ0) is 11.3. The standard InChI is InChI=1S/C13H20N2/c1-4-11(3)13(14)15-9-12-7-5-6-10(2)8-12/h5-8,11H,4,9H2,1-3H3,(H2,14,15). The zero-order valence-electron chi connectivity index (χ0n) is 9.83. The van der Waals surface area contributed by atoms with Gasteiger partial charge in [-0.15, -0.1) is 0 Å². The third kappa shape index (κ3) is 3.74. The van der Waals surface area contributed by atoms with Crippen LogP contribution in [0.1, 0.15) is 31.4 Å². The zero-order valence-corrected chi connectivity index (χ0v) is 9.83. The van der Waals surface area contributed by atoms with Gasteiger partial charge < -0.3 is 5.73 Å². The van der Waals surface area contributed by atoms with Gasteiger partial charge in [-0.25, -0.2) is 0 Å². The van der Waals surface area contributed by atoms with Gasteiger partial charge in [0, 0.05) is 5.92 Å². The first-order chi connectivity index (χ1) is 7.13. The van der Waals surface area contributed by atoms with Crippen LogP contribution in [0, 0.1) is 12.8 Å². The topological polar surface area (TPSA) is 38.4 Å². The van der Waals surface area contributed by atoms with Crippen molar-refractivity contribution in [1.82, 2.24) is 0 Å². The van der Waals surface area contributed by atoms with E-state index >= 15 is 0 Å². The van der Waals surface area contributed by atoms with E-state index in [4.69, 9.17) is 5.73 Å². The molecule has 0 bridgehead atoms. The minimum absolute atomic E-state index is 0.384. The van der Waals surface area contributed by atoms with Crippen molar-refractivity contribution >= 4 is 5.84 Å². The minimum atomic E-state index is 0.384. The maximum Gasteiger partial charge on any atom is 0.0969 e. The lowest BCUT2D eigenvalue weighted by molar-refractivity contribution is 0.726. The molecule has 0 saturated heterocycles. The Hall–Kier alpha value is -1.31. The Morgan fingerprint density at radius 2 is 2.20 bits per heavy atom. The summed E-state index contributed by atoms with van der Waals surface area (Å²) in [4.78, 5) is 4.40. The van der Waals surface area contributed by atoms with Gasteiger partial charge in [0.05, 0.1) is 12.4 Å². The van der Waals surface area contributed by atoms with Crippen molar-refractivity contribution in [3.63, 3.8) is 0 Å². The van der Waals surface area contributed by atoms with Crippen molar-refractivity contribution < 1.29 is 0 Å². The fraction of sp³-hybridized carbons (Fsp3) is 0.462. The summed E-state index contributed by atoms with van der Waals surface area (Å²) in [5.74, 6) is 1.15. The maximum atomic E-state index is 5.86. The molecule has 15 heavy (non-hydrogen) atoms. The second-order valence-corrected chi connectivity index (χ2v) is 4.04. The van der Waals surface area contributed by atoms with E-state index in [-0.39, 0.29) is 0 Å². The molecule has 0 aliphatic heterocycles. The van der Waals surface area contributed by atoms with Gasteiger partial charge in [0.15, 0.2) is 0 Å². The minimum Gasteiger partial charge on any atom is -0.387 e. The summed E-state index contributed by atoms with van der Waals surface area (Å²) >= 11 is 0. The van der Waals surface area contributed by atoms with Crippen molar-refractivity contribution in [3.05, 3.63) is 35.4 Å². The molecule has 1 aromatic carbocycles. The third-order valence-corrected chi connectivity index (χ3v) is 2.64. The van der Waals surface area contributed by atoms with Crippen LogP contribution in [-0.2, 0) is 6.54 Å². The van der Waals surface area contributed by atoms with Crippen molar-refractivity contribution in [2.24, 2.45) is 16.6 Å². The van der Waals surface area contributed by atoms with Gasteiger partial charge in [-0.1, -0.05) is 43.7 Å². The Morgan fingerprint density at radius 1 is 1.47 bits per heavy atom. The summed E-state index contributed by atoms with van der Waals surface area (Å²) in [5, 5.41) is 0. The molecule has 0 saturated carbocycles. The number of rotatable bonds is 4. The second kappa shape index (κ2) is 5.54. The quantitative estimate of drug-likeness (QED) is 0.594. The first-order valence-electron chi connectivity index (χ1n) is 5.48. The molecule has 2 heteroatoms. The monoisotopic (exact) mass is 204 g/mol. The summed E-state index contributed by atoms with van der Waals surface area (Å²) in [6, 6.07) is 8.37. The molecule has 1 atom stereocenters. The smallest absolute Gasteiger partial charge is 0.0969 e. The number of aliphatic imine (C=N–C) groups is 1. The van der Waals surface area contributed by atoms with E-state index in [1.54, 1.807) is 0 Å². The number of nitrogens with two attached hydrogens (primary N) is 1.